The summed E-state index contributed by atoms with van der Waals surface area (Å²) in [7, 11) is -5.43. The standard InChI is InChI=1S/C40H63N5O11SSi/c1-8-27-25-40(27,43-34(46)32-24-29(26-45(32)38(50)51)56-58(6,7)39(2,3)4)36(48)44-57(52,53)33-22-16-15-20-30(33)41-23-17-11-9-10-12-21-31(35(47)54-5)42-37(49)55-28-18-13-14-19-28/h8,15-16,20,22,27-29,31-32,41H,1,9-14,17-19,21,23-26H2,2-7H3,(H,42,49)(H,43,46)(H,44,48)(H,50,51)/t27-,29-,31+,32+,40-/m1/s1. The zero-order valence-electron chi connectivity index (χ0n) is 34.8. The van der Waals surface area contributed by atoms with Crippen LogP contribution in [-0.4, -0.2) is 107 Å². The van der Waals surface area contributed by atoms with E-state index in [2.05, 4.69) is 48.0 Å². The van der Waals surface area contributed by atoms with Crippen molar-refractivity contribution >= 4 is 54.0 Å². The molecule has 1 saturated heterocycles. The molecule has 2 aliphatic carbocycles. The number of carboxylic acid groups (broad SMARTS) is 1. The summed E-state index contributed by atoms with van der Waals surface area (Å²) in [6, 6.07) is 4.27. The van der Waals surface area contributed by atoms with Gasteiger partial charge in [0.1, 0.15) is 28.6 Å². The second kappa shape index (κ2) is 19.7. The molecule has 1 heterocycles. The molecular formula is C40H63N5O11SSi. The maximum Gasteiger partial charge on any atom is 0.408 e. The van der Waals surface area contributed by atoms with Crippen LogP contribution < -0.4 is 20.7 Å². The zero-order chi connectivity index (χ0) is 42.9. The Labute approximate surface area is 343 Å². The lowest BCUT2D eigenvalue weighted by Crippen LogP contribution is -2.56. The van der Waals surface area contributed by atoms with Gasteiger partial charge in [0.15, 0.2) is 8.32 Å². The molecule has 1 aliphatic heterocycles. The lowest BCUT2D eigenvalue weighted by Gasteiger charge is -2.38. The Morgan fingerprint density at radius 1 is 1.03 bits per heavy atom. The third-order valence-corrected chi connectivity index (χ3v) is 17.8. The fraction of sp³-hybridized carbons (Fsp3) is 0.675. The van der Waals surface area contributed by atoms with Gasteiger partial charge in [-0.1, -0.05) is 64.7 Å². The first-order valence-electron chi connectivity index (χ1n) is 20.3. The maximum atomic E-state index is 13.8. The number of rotatable bonds is 20. The number of para-hydroxylation sites is 1. The second-order valence-electron chi connectivity index (χ2n) is 17.1. The highest BCUT2D eigenvalue weighted by atomic mass is 32.2. The minimum Gasteiger partial charge on any atom is -0.467 e. The van der Waals surface area contributed by atoms with Crippen LogP contribution in [0.3, 0.4) is 0 Å². The smallest absolute Gasteiger partial charge is 0.408 e. The molecule has 0 unspecified atom stereocenters. The molecule has 4 rings (SSSR count). The van der Waals surface area contributed by atoms with Gasteiger partial charge in [0.2, 0.25) is 5.91 Å². The van der Waals surface area contributed by atoms with E-state index < -0.39 is 78.0 Å². The van der Waals surface area contributed by atoms with Gasteiger partial charge in [-0.15, -0.1) is 6.58 Å². The number of hydrogen-bond acceptors (Lipinski definition) is 11. The number of benzene rings is 1. The van der Waals surface area contributed by atoms with Crippen LogP contribution in [0.15, 0.2) is 41.8 Å². The van der Waals surface area contributed by atoms with E-state index in [0.29, 0.717) is 31.5 Å². The van der Waals surface area contributed by atoms with Crippen molar-refractivity contribution in [3.63, 3.8) is 0 Å². The Morgan fingerprint density at radius 3 is 2.31 bits per heavy atom. The molecule has 0 radical (unpaired) electrons. The number of sulfonamides is 1. The maximum absolute atomic E-state index is 13.8. The van der Waals surface area contributed by atoms with Crippen LogP contribution in [0.2, 0.25) is 18.1 Å². The fourth-order valence-corrected chi connectivity index (χ4v) is 9.92. The van der Waals surface area contributed by atoms with Crippen LogP contribution >= 0.6 is 0 Å². The Bertz CT molecular complexity index is 1760. The van der Waals surface area contributed by atoms with Crippen molar-refractivity contribution in [3.05, 3.63) is 36.9 Å². The Kier molecular flexibility index (Phi) is 15.8. The molecule has 0 spiro atoms. The minimum atomic E-state index is -4.42. The van der Waals surface area contributed by atoms with Crippen LogP contribution in [-0.2, 0) is 38.3 Å². The summed E-state index contributed by atoms with van der Waals surface area (Å²) >= 11 is 0. The van der Waals surface area contributed by atoms with Crippen molar-refractivity contribution in [2.24, 2.45) is 5.92 Å². The molecule has 4 amide bonds. The molecule has 1 aromatic rings. The highest BCUT2D eigenvalue weighted by Gasteiger charge is 2.61. The molecule has 1 aromatic carbocycles. The van der Waals surface area contributed by atoms with Crippen LogP contribution in [0.5, 0.6) is 0 Å². The average molecular weight is 850 g/mol. The van der Waals surface area contributed by atoms with Gasteiger partial charge < -0.3 is 35.0 Å². The quantitative estimate of drug-likeness (QED) is 0.0465. The Balaban J connectivity index is 1.28. The molecule has 324 valence electrons. The number of nitrogens with one attached hydrogen (secondary N) is 4. The summed E-state index contributed by atoms with van der Waals surface area (Å²) in [4.78, 5) is 65.1. The number of ether oxygens (including phenoxy) is 2. The van der Waals surface area contributed by atoms with E-state index in [9.17, 15) is 37.5 Å². The van der Waals surface area contributed by atoms with Crippen molar-refractivity contribution in [2.45, 2.75) is 151 Å². The monoisotopic (exact) mass is 849 g/mol. The third kappa shape index (κ3) is 12.0. The zero-order valence-corrected chi connectivity index (χ0v) is 36.6. The summed E-state index contributed by atoms with van der Waals surface area (Å²) in [6.45, 7) is 14.5. The number of amides is 4. The summed E-state index contributed by atoms with van der Waals surface area (Å²) in [5.74, 6) is -2.74. The van der Waals surface area contributed by atoms with E-state index in [4.69, 9.17) is 13.9 Å². The van der Waals surface area contributed by atoms with Gasteiger partial charge in [-0.05, 0) is 75.2 Å². The first kappa shape index (κ1) is 46.5. The molecule has 3 fully saturated rings. The van der Waals surface area contributed by atoms with Crippen molar-refractivity contribution in [1.82, 2.24) is 20.3 Å². The SMILES string of the molecule is C=C[C@@H]1C[C@]1(NC(=O)[C@@H]1C[C@@H](O[Si](C)(C)C(C)(C)C)CN1C(=O)O)C(=O)NS(=O)(=O)c1ccccc1NCCCCCCC[C@H](NC(=O)OC1CCCC1)C(=O)OC. The van der Waals surface area contributed by atoms with Crippen molar-refractivity contribution in [1.29, 1.82) is 0 Å². The van der Waals surface area contributed by atoms with E-state index in [1.54, 1.807) is 18.2 Å². The molecule has 16 nitrogen and oxygen atoms in total. The van der Waals surface area contributed by atoms with Gasteiger partial charge in [-0.25, -0.2) is 27.5 Å². The lowest BCUT2D eigenvalue weighted by atomic mass is 10.1. The fourth-order valence-electron chi connectivity index (χ4n) is 7.34. The largest absolute Gasteiger partial charge is 0.467 e. The number of hydrogen-bond donors (Lipinski definition) is 5. The van der Waals surface area contributed by atoms with Crippen LogP contribution in [0.25, 0.3) is 0 Å². The summed E-state index contributed by atoms with van der Waals surface area (Å²) in [5.41, 5.74) is -1.33. The molecule has 58 heavy (non-hydrogen) atoms. The van der Waals surface area contributed by atoms with E-state index >= 15 is 0 Å². The predicted molar refractivity (Wildman–Crippen MR) is 220 cm³/mol. The highest BCUT2D eigenvalue weighted by Crippen LogP contribution is 2.45. The van der Waals surface area contributed by atoms with Gasteiger partial charge in [-0.3, -0.25) is 14.5 Å². The number of likely N-dealkylation sites (tertiary alicyclic amines) is 1. The third-order valence-electron chi connectivity index (χ3n) is 11.9. The number of unbranched alkanes of at least 4 members (excludes halogenated alkanes) is 4. The number of nitrogens with zero attached hydrogens (tertiary/aromatic N) is 1. The number of methoxy groups -OCH3 is 1. The first-order valence-corrected chi connectivity index (χ1v) is 24.7. The second-order valence-corrected chi connectivity index (χ2v) is 23.5. The Morgan fingerprint density at radius 2 is 1.69 bits per heavy atom. The van der Waals surface area contributed by atoms with Gasteiger partial charge in [-0.2, -0.15) is 0 Å². The van der Waals surface area contributed by atoms with Crippen LogP contribution in [0, 0.1) is 5.92 Å². The van der Waals surface area contributed by atoms with Gasteiger partial charge >= 0.3 is 18.2 Å². The van der Waals surface area contributed by atoms with Crippen molar-refractivity contribution < 1.29 is 51.4 Å². The number of carbonyl (C=O) groups excluding carboxylic acids is 4. The van der Waals surface area contributed by atoms with Gasteiger partial charge in [0.25, 0.3) is 15.9 Å². The van der Waals surface area contributed by atoms with E-state index in [1.807, 2.05) is 13.1 Å². The minimum absolute atomic E-state index is 0.00297. The average Bonchev–Trinajstić information content (AvgIpc) is 3.41. The number of esters is 1. The number of alkyl carbamates (subject to hydrolysis) is 1. The molecule has 2 saturated carbocycles. The van der Waals surface area contributed by atoms with Crippen LogP contribution in [0.4, 0.5) is 15.3 Å². The summed E-state index contributed by atoms with van der Waals surface area (Å²) in [6.07, 6.45) is 7.09. The van der Waals surface area contributed by atoms with Crippen molar-refractivity contribution in [3.8, 4) is 0 Å². The van der Waals surface area contributed by atoms with E-state index in [-0.39, 0.29) is 35.4 Å². The summed E-state index contributed by atoms with van der Waals surface area (Å²) < 4.78 is 46.2. The normalized spacial score (nSPS) is 22.7. The van der Waals surface area contributed by atoms with E-state index in [1.165, 1.54) is 19.3 Å². The molecule has 3 aliphatic rings. The molecule has 5 N–H and O–H groups in total. The van der Waals surface area contributed by atoms with Crippen LogP contribution in [0.1, 0.15) is 97.8 Å². The molecule has 0 aromatic heterocycles. The van der Waals surface area contributed by atoms with Gasteiger partial charge in [0.05, 0.1) is 18.9 Å². The molecule has 18 heteroatoms. The predicted octanol–water partition coefficient (Wildman–Crippen LogP) is 5.66. The highest BCUT2D eigenvalue weighted by molar-refractivity contribution is 7.90. The molecule has 5 atom stereocenters. The number of carbonyl (C=O) groups is 5. The van der Waals surface area contributed by atoms with E-state index in [0.717, 1.165) is 49.8 Å². The topological polar surface area (TPSA) is 219 Å². The van der Waals surface area contributed by atoms with Crippen molar-refractivity contribution in [2.75, 3.05) is 25.5 Å². The first-order chi connectivity index (χ1) is 27.2. The number of anilines is 1. The van der Waals surface area contributed by atoms with Gasteiger partial charge in [0, 0.05) is 25.4 Å². The Hall–Kier alpha value is -4.16. The summed E-state index contributed by atoms with van der Waals surface area (Å²) in [5, 5.41) is 18.3. The lowest BCUT2D eigenvalue weighted by molar-refractivity contribution is -0.143. The molecular weight excluding hydrogens is 787 g/mol. The molecule has 0 bridgehead atoms.